The van der Waals surface area contributed by atoms with Crippen LogP contribution >= 0.6 is 10.5 Å². The summed E-state index contributed by atoms with van der Waals surface area (Å²) in [5.41, 5.74) is 1.20. The summed E-state index contributed by atoms with van der Waals surface area (Å²) in [6, 6.07) is 14.2. The van der Waals surface area contributed by atoms with Gasteiger partial charge in [0.05, 0.1) is 0 Å². The van der Waals surface area contributed by atoms with Crippen LogP contribution in [0.5, 0.6) is 5.75 Å². The third kappa shape index (κ3) is 2.88. The standard InChI is InChI=1S/C16H12F3OS/c1-11-10-21(15-5-3-2-4-14(11)15)13-8-6-12(7-9-13)20-16(17,18)19/h2-10H,1H3/q+1. The topological polar surface area (TPSA) is 9.23 Å². The first-order chi connectivity index (χ1) is 9.94. The number of alkyl halides is 3. The van der Waals surface area contributed by atoms with Gasteiger partial charge in [-0.05, 0) is 31.2 Å². The lowest BCUT2D eigenvalue weighted by molar-refractivity contribution is -0.274. The van der Waals surface area contributed by atoms with Gasteiger partial charge < -0.3 is 4.74 Å². The number of rotatable bonds is 2. The molecule has 0 amide bonds. The molecule has 0 saturated heterocycles. The van der Waals surface area contributed by atoms with Crippen molar-refractivity contribution in [2.75, 3.05) is 0 Å². The lowest BCUT2D eigenvalue weighted by atomic mass is 10.2. The molecule has 1 heterocycles. The van der Waals surface area contributed by atoms with Gasteiger partial charge in [0.1, 0.15) is 11.1 Å². The number of thiophene rings is 1. The van der Waals surface area contributed by atoms with E-state index in [1.807, 2.05) is 19.1 Å². The highest BCUT2D eigenvalue weighted by Gasteiger charge is 2.31. The predicted molar refractivity (Wildman–Crippen MR) is 79.2 cm³/mol. The maximum Gasteiger partial charge on any atom is 0.573 e. The van der Waals surface area contributed by atoms with Crippen LogP contribution in [0.15, 0.2) is 53.9 Å². The summed E-state index contributed by atoms with van der Waals surface area (Å²) in [6.07, 6.45) is -4.65. The summed E-state index contributed by atoms with van der Waals surface area (Å²) in [6.45, 7) is 2.05. The minimum atomic E-state index is -4.65. The van der Waals surface area contributed by atoms with Crippen molar-refractivity contribution in [3.63, 3.8) is 0 Å². The summed E-state index contributed by atoms with van der Waals surface area (Å²) in [4.78, 5) is 0.980. The largest absolute Gasteiger partial charge is 0.573 e. The highest BCUT2D eigenvalue weighted by atomic mass is 32.2. The Kier molecular flexibility index (Phi) is 3.37. The van der Waals surface area contributed by atoms with Crippen molar-refractivity contribution in [3.05, 3.63) is 59.5 Å². The van der Waals surface area contributed by atoms with Crippen molar-refractivity contribution >= 4 is 20.6 Å². The summed E-state index contributed by atoms with van der Waals surface area (Å²) in [7, 11) is -0.226. The molecule has 0 N–H and O–H groups in total. The highest BCUT2D eigenvalue weighted by Crippen LogP contribution is 2.42. The lowest BCUT2D eigenvalue weighted by Crippen LogP contribution is -2.16. The van der Waals surface area contributed by atoms with E-state index in [-0.39, 0.29) is 16.2 Å². The molecule has 3 aromatic rings. The Balaban J connectivity index is 2.00. The quantitative estimate of drug-likeness (QED) is 0.545. The van der Waals surface area contributed by atoms with Crippen LogP contribution in [0.2, 0.25) is 0 Å². The van der Waals surface area contributed by atoms with Crippen LogP contribution < -0.4 is 4.74 Å². The fourth-order valence-electron chi connectivity index (χ4n) is 2.27. The molecule has 0 saturated carbocycles. The second-order valence-electron chi connectivity index (χ2n) is 4.65. The van der Waals surface area contributed by atoms with Crippen LogP contribution in [0.25, 0.3) is 15.0 Å². The second-order valence-corrected chi connectivity index (χ2v) is 6.48. The molecule has 0 radical (unpaired) electrons. The Morgan fingerprint density at radius 3 is 2.29 bits per heavy atom. The van der Waals surface area contributed by atoms with Gasteiger partial charge >= 0.3 is 6.36 Å². The average molecular weight is 309 g/mol. The monoisotopic (exact) mass is 309 g/mol. The first-order valence-electron chi connectivity index (χ1n) is 6.31. The number of halogens is 3. The van der Waals surface area contributed by atoms with Gasteiger partial charge in [0.2, 0.25) is 0 Å². The van der Waals surface area contributed by atoms with Crippen molar-refractivity contribution in [1.29, 1.82) is 0 Å². The molecule has 0 aliphatic rings. The van der Waals surface area contributed by atoms with Crippen LogP contribution in [-0.4, -0.2) is 6.36 Å². The van der Waals surface area contributed by atoms with Crippen LogP contribution in [0, 0.1) is 6.92 Å². The molecule has 108 valence electrons. The van der Waals surface area contributed by atoms with E-state index in [9.17, 15) is 13.2 Å². The molecule has 0 fully saturated rings. The molecular formula is C16H12F3OS+. The fraction of sp³-hybridized carbons (Fsp3) is 0.125. The molecule has 1 atom stereocenters. The molecule has 2 aromatic carbocycles. The Bertz CT molecular complexity index is 772. The fourth-order valence-corrected chi connectivity index (χ4v) is 4.39. The molecule has 21 heavy (non-hydrogen) atoms. The normalized spacial score (nSPS) is 12.7. The van der Waals surface area contributed by atoms with E-state index in [1.54, 1.807) is 12.1 Å². The van der Waals surface area contributed by atoms with E-state index in [2.05, 4.69) is 22.2 Å². The molecular weight excluding hydrogens is 297 g/mol. The van der Waals surface area contributed by atoms with Crippen LogP contribution in [0.1, 0.15) is 5.56 Å². The molecule has 0 bridgehead atoms. The predicted octanol–water partition coefficient (Wildman–Crippen LogP) is 5.79. The molecule has 1 nitrogen and oxygen atoms in total. The van der Waals surface area contributed by atoms with Gasteiger partial charge in [-0.3, -0.25) is 0 Å². The van der Waals surface area contributed by atoms with E-state index in [0.717, 1.165) is 4.90 Å². The summed E-state index contributed by atoms with van der Waals surface area (Å²) in [5, 5.41) is 3.36. The first-order valence-corrected chi connectivity index (χ1v) is 7.59. The van der Waals surface area contributed by atoms with Gasteiger partial charge in [0.15, 0.2) is 9.60 Å². The Labute approximate surface area is 122 Å². The van der Waals surface area contributed by atoms with E-state index < -0.39 is 6.36 Å². The summed E-state index contributed by atoms with van der Waals surface area (Å²) in [5.74, 6) is -0.192. The Morgan fingerprint density at radius 2 is 1.62 bits per heavy atom. The maximum atomic E-state index is 12.2. The smallest absolute Gasteiger partial charge is 0.406 e. The number of ether oxygens (including phenoxy) is 1. The number of benzene rings is 2. The minimum absolute atomic E-state index is 0.192. The first kappa shape index (κ1) is 13.9. The molecule has 3 rings (SSSR count). The minimum Gasteiger partial charge on any atom is -0.406 e. The zero-order chi connectivity index (χ0) is 15.0. The molecule has 0 aliphatic carbocycles. The Morgan fingerprint density at radius 1 is 0.952 bits per heavy atom. The van der Waals surface area contributed by atoms with E-state index >= 15 is 0 Å². The van der Waals surface area contributed by atoms with Crippen LogP contribution in [0.3, 0.4) is 0 Å². The third-order valence-corrected chi connectivity index (χ3v) is 5.35. The van der Waals surface area contributed by atoms with Gasteiger partial charge in [-0.25, -0.2) is 0 Å². The van der Waals surface area contributed by atoms with Gasteiger partial charge in [0, 0.05) is 33.6 Å². The number of hydrogen-bond donors (Lipinski definition) is 0. The van der Waals surface area contributed by atoms with Crippen molar-refractivity contribution in [2.45, 2.75) is 13.3 Å². The SMILES string of the molecule is Cc1c[s+](-c2ccc(OC(F)(F)F)cc2)c2ccccc12. The van der Waals surface area contributed by atoms with Crippen LogP contribution in [0.4, 0.5) is 13.2 Å². The molecule has 0 spiro atoms. The number of fused-ring (bicyclic) bond motifs is 1. The van der Waals surface area contributed by atoms with Gasteiger partial charge in [-0.2, -0.15) is 0 Å². The van der Waals surface area contributed by atoms with Crippen molar-refractivity contribution in [1.82, 2.24) is 0 Å². The second kappa shape index (κ2) is 5.07. The summed E-state index contributed by atoms with van der Waals surface area (Å²) >= 11 is 0. The molecule has 5 heteroatoms. The summed E-state index contributed by atoms with van der Waals surface area (Å²) < 4.78 is 41.6. The van der Waals surface area contributed by atoms with E-state index in [1.165, 1.54) is 27.8 Å². The van der Waals surface area contributed by atoms with Crippen molar-refractivity contribution in [2.24, 2.45) is 0 Å². The van der Waals surface area contributed by atoms with Crippen molar-refractivity contribution in [3.8, 4) is 10.6 Å². The van der Waals surface area contributed by atoms with E-state index in [0.29, 0.717) is 0 Å². The van der Waals surface area contributed by atoms with Crippen molar-refractivity contribution < 1.29 is 17.9 Å². The van der Waals surface area contributed by atoms with Gasteiger partial charge in [0.25, 0.3) is 0 Å². The number of aryl methyl sites for hydroxylation is 1. The lowest BCUT2D eigenvalue weighted by Gasteiger charge is -2.07. The zero-order valence-electron chi connectivity index (χ0n) is 11.1. The van der Waals surface area contributed by atoms with E-state index in [4.69, 9.17) is 0 Å². The maximum absolute atomic E-state index is 12.2. The van der Waals surface area contributed by atoms with Gasteiger partial charge in [-0.15, -0.1) is 13.2 Å². The molecule has 0 aliphatic heterocycles. The van der Waals surface area contributed by atoms with Gasteiger partial charge in [-0.1, -0.05) is 12.1 Å². The highest BCUT2D eigenvalue weighted by molar-refractivity contribution is 7.43. The Hall–Kier alpha value is -2.01. The molecule has 1 aromatic heterocycles. The zero-order valence-corrected chi connectivity index (χ0v) is 12.0. The number of hydrogen-bond acceptors (Lipinski definition) is 1. The van der Waals surface area contributed by atoms with Crippen LogP contribution in [-0.2, 0) is 0 Å². The average Bonchev–Trinajstić information content (AvgIpc) is 2.76. The molecule has 1 unspecified atom stereocenters. The third-order valence-electron chi connectivity index (χ3n) is 3.15.